The molecular formula is C30H32N2O4. The lowest BCUT2D eigenvalue weighted by Gasteiger charge is -2.40. The number of ether oxygens (including phenoxy) is 1. The summed E-state index contributed by atoms with van der Waals surface area (Å²) in [5.74, 6) is -0.850. The largest absolute Gasteiger partial charge is 0.465 e. The van der Waals surface area contributed by atoms with Crippen LogP contribution in [0.25, 0.3) is 0 Å². The Labute approximate surface area is 212 Å². The van der Waals surface area contributed by atoms with E-state index >= 15 is 0 Å². The van der Waals surface area contributed by atoms with Crippen molar-refractivity contribution < 1.29 is 19.1 Å². The number of carbonyl (C=O) groups is 3. The topological polar surface area (TPSA) is 75.7 Å². The van der Waals surface area contributed by atoms with Crippen molar-refractivity contribution in [3.63, 3.8) is 0 Å². The Morgan fingerprint density at radius 2 is 1.58 bits per heavy atom. The molecule has 1 aliphatic carbocycles. The van der Waals surface area contributed by atoms with Crippen LogP contribution >= 0.6 is 0 Å². The molecule has 0 spiro atoms. The third-order valence-corrected chi connectivity index (χ3v) is 6.94. The van der Waals surface area contributed by atoms with Crippen molar-refractivity contribution in [3.05, 3.63) is 107 Å². The van der Waals surface area contributed by atoms with Crippen LogP contribution in [0.5, 0.6) is 0 Å². The lowest BCUT2D eigenvalue weighted by Crippen LogP contribution is -2.45. The smallest absolute Gasteiger partial charge is 0.321 e. The fourth-order valence-electron chi connectivity index (χ4n) is 5.11. The molecule has 2 atom stereocenters. The summed E-state index contributed by atoms with van der Waals surface area (Å²) in [6.45, 7) is 2.83. The van der Waals surface area contributed by atoms with Crippen LogP contribution in [0.3, 0.4) is 0 Å². The Morgan fingerprint density at radius 3 is 2.28 bits per heavy atom. The van der Waals surface area contributed by atoms with E-state index in [0.29, 0.717) is 31.5 Å². The minimum absolute atomic E-state index is 0.0260. The number of benzene rings is 3. The number of likely N-dealkylation sites (N-methyl/N-ethyl adjacent to an activating group) is 1. The van der Waals surface area contributed by atoms with E-state index in [9.17, 15) is 14.4 Å². The van der Waals surface area contributed by atoms with Gasteiger partial charge in [-0.2, -0.15) is 0 Å². The Morgan fingerprint density at radius 1 is 0.944 bits per heavy atom. The van der Waals surface area contributed by atoms with Gasteiger partial charge in [0.25, 0.3) is 5.91 Å². The molecule has 186 valence electrons. The third kappa shape index (κ3) is 4.89. The van der Waals surface area contributed by atoms with Crippen molar-refractivity contribution in [2.24, 2.45) is 0 Å². The standard InChI is InChI=1S/C30H32N2O4/c1-3-36-29(35)30(23-14-8-5-9-15-23)19-18-25(24-16-10-11-17-26(24)30)28(34)32(2)21-20-31-27(33)22-12-6-4-7-13-22/h4-17,25H,3,18-21H2,1-2H3,(H,31,33)/t25-,30?/m0/s1. The second-order valence-corrected chi connectivity index (χ2v) is 9.05. The summed E-state index contributed by atoms with van der Waals surface area (Å²) in [6.07, 6.45) is 0.992. The Hall–Kier alpha value is -3.93. The molecule has 1 N–H and O–H groups in total. The molecule has 0 saturated carbocycles. The summed E-state index contributed by atoms with van der Waals surface area (Å²) in [7, 11) is 1.75. The first kappa shape index (κ1) is 25.2. The molecule has 0 bridgehead atoms. The molecule has 3 aromatic rings. The minimum Gasteiger partial charge on any atom is -0.465 e. The summed E-state index contributed by atoms with van der Waals surface area (Å²) in [6, 6.07) is 26.4. The number of hydrogen-bond acceptors (Lipinski definition) is 4. The van der Waals surface area contributed by atoms with E-state index < -0.39 is 5.41 Å². The highest BCUT2D eigenvalue weighted by Crippen LogP contribution is 2.48. The first-order valence-electron chi connectivity index (χ1n) is 12.4. The van der Waals surface area contributed by atoms with Crippen LogP contribution in [0.2, 0.25) is 0 Å². The fraction of sp³-hybridized carbons (Fsp3) is 0.300. The van der Waals surface area contributed by atoms with Gasteiger partial charge in [-0.3, -0.25) is 14.4 Å². The predicted octanol–water partition coefficient (Wildman–Crippen LogP) is 4.30. The van der Waals surface area contributed by atoms with Crippen molar-refractivity contribution in [1.29, 1.82) is 0 Å². The highest BCUT2D eigenvalue weighted by atomic mass is 16.5. The number of fused-ring (bicyclic) bond motifs is 1. The first-order chi connectivity index (χ1) is 17.5. The summed E-state index contributed by atoms with van der Waals surface area (Å²) in [4.78, 5) is 41.0. The van der Waals surface area contributed by atoms with Crippen molar-refractivity contribution in [1.82, 2.24) is 10.2 Å². The van der Waals surface area contributed by atoms with Gasteiger partial charge in [-0.1, -0.05) is 72.8 Å². The molecule has 1 aliphatic rings. The van der Waals surface area contributed by atoms with Gasteiger partial charge in [-0.05, 0) is 48.6 Å². The predicted molar refractivity (Wildman–Crippen MR) is 139 cm³/mol. The Balaban J connectivity index is 1.55. The molecule has 0 radical (unpaired) electrons. The molecule has 0 fully saturated rings. The second kappa shape index (κ2) is 11.2. The summed E-state index contributed by atoms with van der Waals surface area (Å²) >= 11 is 0. The SMILES string of the molecule is CCOC(=O)C1(c2ccccc2)CC[C@H](C(=O)N(C)CCNC(=O)c2ccccc2)c2ccccc21. The van der Waals surface area contributed by atoms with Crippen molar-refractivity contribution >= 4 is 17.8 Å². The van der Waals surface area contributed by atoms with Crippen molar-refractivity contribution in [2.75, 3.05) is 26.7 Å². The molecule has 0 aliphatic heterocycles. The normalized spacial score (nSPS) is 18.6. The molecule has 4 rings (SSSR count). The van der Waals surface area contributed by atoms with Crippen LogP contribution in [0, 0.1) is 0 Å². The van der Waals surface area contributed by atoms with Gasteiger partial charge < -0.3 is 15.0 Å². The average Bonchev–Trinajstić information content (AvgIpc) is 2.93. The van der Waals surface area contributed by atoms with E-state index in [-0.39, 0.29) is 30.3 Å². The average molecular weight is 485 g/mol. The van der Waals surface area contributed by atoms with Crippen LogP contribution < -0.4 is 5.32 Å². The Kier molecular flexibility index (Phi) is 7.84. The van der Waals surface area contributed by atoms with E-state index in [0.717, 1.165) is 16.7 Å². The highest BCUT2D eigenvalue weighted by Gasteiger charge is 2.49. The molecule has 6 heteroatoms. The number of carbonyl (C=O) groups excluding carboxylic acids is 3. The number of nitrogens with zero attached hydrogens (tertiary/aromatic N) is 1. The van der Waals surface area contributed by atoms with Gasteiger partial charge in [0.15, 0.2) is 0 Å². The van der Waals surface area contributed by atoms with E-state index in [1.54, 1.807) is 24.1 Å². The maximum absolute atomic E-state index is 13.5. The molecule has 3 aromatic carbocycles. The zero-order valence-electron chi connectivity index (χ0n) is 20.8. The highest BCUT2D eigenvalue weighted by molar-refractivity contribution is 5.94. The quantitative estimate of drug-likeness (QED) is 0.484. The molecule has 0 heterocycles. The zero-order valence-corrected chi connectivity index (χ0v) is 20.8. The Bertz CT molecular complexity index is 1210. The molecule has 36 heavy (non-hydrogen) atoms. The van der Waals surface area contributed by atoms with E-state index in [1.165, 1.54) is 0 Å². The van der Waals surface area contributed by atoms with Gasteiger partial charge in [-0.25, -0.2) is 0 Å². The number of nitrogens with one attached hydrogen (secondary N) is 1. The second-order valence-electron chi connectivity index (χ2n) is 9.05. The van der Waals surface area contributed by atoms with Crippen LogP contribution in [-0.2, 0) is 19.7 Å². The molecule has 2 amide bonds. The van der Waals surface area contributed by atoms with Gasteiger partial charge in [0, 0.05) is 25.7 Å². The summed E-state index contributed by atoms with van der Waals surface area (Å²) < 4.78 is 5.58. The molecule has 0 aromatic heterocycles. The van der Waals surface area contributed by atoms with Crippen LogP contribution in [0.1, 0.15) is 52.7 Å². The summed E-state index contributed by atoms with van der Waals surface area (Å²) in [5, 5.41) is 2.88. The summed E-state index contributed by atoms with van der Waals surface area (Å²) in [5.41, 5.74) is 2.19. The molecular weight excluding hydrogens is 452 g/mol. The first-order valence-corrected chi connectivity index (χ1v) is 12.4. The van der Waals surface area contributed by atoms with Gasteiger partial charge >= 0.3 is 5.97 Å². The zero-order chi connectivity index (χ0) is 25.5. The van der Waals surface area contributed by atoms with Crippen molar-refractivity contribution in [2.45, 2.75) is 31.1 Å². The fourth-order valence-corrected chi connectivity index (χ4v) is 5.11. The van der Waals surface area contributed by atoms with E-state index in [4.69, 9.17) is 4.74 Å². The number of amides is 2. The van der Waals surface area contributed by atoms with Crippen LogP contribution in [0.15, 0.2) is 84.9 Å². The molecule has 1 unspecified atom stereocenters. The number of esters is 1. The van der Waals surface area contributed by atoms with E-state index in [1.807, 2.05) is 79.7 Å². The van der Waals surface area contributed by atoms with Crippen LogP contribution in [-0.4, -0.2) is 49.4 Å². The maximum atomic E-state index is 13.5. The van der Waals surface area contributed by atoms with Crippen LogP contribution in [0.4, 0.5) is 0 Å². The monoisotopic (exact) mass is 484 g/mol. The van der Waals surface area contributed by atoms with Gasteiger partial charge in [-0.15, -0.1) is 0 Å². The number of hydrogen-bond donors (Lipinski definition) is 1. The molecule has 6 nitrogen and oxygen atoms in total. The van der Waals surface area contributed by atoms with E-state index in [2.05, 4.69) is 5.32 Å². The third-order valence-electron chi connectivity index (χ3n) is 6.94. The van der Waals surface area contributed by atoms with Gasteiger partial charge in [0.05, 0.1) is 12.5 Å². The number of rotatable bonds is 8. The van der Waals surface area contributed by atoms with Gasteiger partial charge in [0.2, 0.25) is 5.91 Å². The minimum atomic E-state index is -0.952. The lowest BCUT2D eigenvalue weighted by molar-refractivity contribution is -0.149. The molecule has 0 saturated heterocycles. The van der Waals surface area contributed by atoms with Crippen molar-refractivity contribution in [3.8, 4) is 0 Å². The maximum Gasteiger partial charge on any atom is 0.321 e. The van der Waals surface area contributed by atoms with Gasteiger partial charge in [0.1, 0.15) is 5.41 Å². The lowest BCUT2D eigenvalue weighted by atomic mass is 9.63.